The summed E-state index contributed by atoms with van der Waals surface area (Å²) in [7, 11) is -8.31. The summed E-state index contributed by atoms with van der Waals surface area (Å²) in [5.74, 6) is -1.54. The smallest absolute Gasteiger partial charge is 0.337 e. The summed E-state index contributed by atoms with van der Waals surface area (Å²) in [5.41, 5.74) is 2.90. The lowest BCUT2D eigenvalue weighted by Gasteiger charge is -2.11. The molecule has 0 aliphatic rings. The molecule has 41 heavy (non-hydrogen) atoms. The number of nitrogens with two attached hydrogens (primary N) is 1. The molecule has 0 saturated heterocycles. The van der Waals surface area contributed by atoms with Crippen molar-refractivity contribution < 1.29 is 31.8 Å². The van der Waals surface area contributed by atoms with E-state index in [1.54, 1.807) is 42.5 Å². The van der Waals surface area contributed by atoms with Crippen molar-refractivity contribution in [3.63, 3.8) is 0 Å². The molecule has 0 amide bonds. The number of aromatic hydroxyl groups is 1. The number of carbonyl (C=O) groups is 1. The summed E-state index contributed by atoms with van der Waals surface area (Å²) >= 11 is 0. The van der Waals surface area contributed by atoms with Crippen LogP contribution in [0.5, 0.6) is 5.75 Å². The van der Waals surface area contributed by atoms with Gasteiger partial charge in [0.15, 0.2) is 0 Å². The summed E-state index contributed by atoms with van der Waals surface area (Å²) in [6.45, 7) is 0. The van der Waals surface area contributed by atoms with E-state index in [0.29, 0.717) is 5.56 Å². The fourth-order valence-corrected chi connectivity index (χ4v) is 5.05. The van der Waals surface area contributed by atoms with Crippen LogP contribution in [0.3, 0.4) is 0 Å². The molecule has 0 aromatic heterocycles. The number of nitrogens with zero attached hydrogens (tertiary/aromatic N) is 3. The van der Waals surface area contributed by atoms with Gasteiger partial charge < -0.3 is 10.2 Å². The lowest BCUT2D eigenvalue weighted by atomic mass is 10.2. The zero-order chi connectivity index (χ0) is 29.6. The Labute approximate surface area is 234 Å². The highest BCUT2D eigenvalue weighted by atomic mass is 32.2. The van der Waals surface area contributed by atoms with E-state index in [0.717, 1.165) is 24.3 Å². The highest BCUT2D eigenvalue weighted by Crippen LogP contribution is 2.28. The molecule has 0 unspecified atom stereocenters. The maximum Gasteiger partial charge on any atom is 0.337 e. The van der Waals surface area contributed by atoms with Crippen molar-refractivity contribution in [1.82, 2.24) is 0 Å². The summed E-state index contributed by atoms with van der Waals surface area (Å²) in [4.78, 5) is 10.9. The van der Waals surface area contributed by atoms with Gasteiger partial charge in [0.2, 0.25) is 15.9 Å². The Balaban J connectivity index is 1.66. The van der Waals surface area contributed by atoms with E-state index < -0.39 is 26.0 Å². The highest BCUT2D eigenvalue weighted by Gasteiger charge is 2.18. The Morgan fingerprint density at radius 1 is 0.805 bits per heavy atom. The molecule has 0 spiro atoms. The van der Waals surface area contributed by atoms with Crippen molar-refractivity contribution in [3.8, 4) is 5.75 Å². The maximum absolute atomic E-state index is 13.0. The summed E-state index contributed by atoms with van der Waals surface area (Å²) in [5, 5.41) is 37.2. The molecule has 4 aromatic rings. The number of phenolic OH excluding ortho intramolecular Hbond substituents is 1. The minimum absolute atomic E-state index is 0.00335. The third kappa shape index (κ3) is 7.30. The number of azo groups is 1. The van der Waals surface area contributed by atoms with Crippen LogP contribution in [0, 0.1) is 0 Å². The average Bonchev–Trinajstić information content (AvgIpc) is 2.94. The SMILES string of the molecule is NS(=O)(=O)c1cccc(NS(=O)(=O)c2ccc(O)c(N/N=C(\N=Nc3ccccc3C(=O)O)c3ccccc3)c2)c1. The van der Waals surface area contributed by atoms with Gasteiger partial charge in [-0.15, -0.1) is 10.2 Å². The van der Waals surface area contributed by atoms with Crippen molar-refractivity contribution in [2.24, 2.45) is 20.5 Å². The number of amidine groups is 1. The quantitative estimate of drug-likeness (QED) is 0.0624. The third-order valence-electron chi connectivity index (χ3n) is 5.39. The van der Waals surface area contributed by atoms with Crippen molar-refractivity contribution in [2.45, 2.75) is 9.79 Å². The molecule has 210 valence electrons. The summed E-state index contributed by atoms with van der Waals surface area (Å²) in [6, 6.07) is 22.8. The number of phenols is 1. The van der Waals surface area contributed by atoms with Crippen LogP contribution >= 0.6 is 0 Å². The normalized spacial score (nSPS) is 12.3. The Bertz CT molecular complexity index is 1880. The van der Waals surface area contributed by atoms with Gasteiger partial charge in [-0.25, -0.2) is 26.8 Å². The molecule has 0 fully saturated rings. The van der Waals surface area contributed by atoms with Gasteiger partial charge in [0.05, 0.1) is 26.7 Å². The zero-order valence-electron chi connectivity index (χ0n) is 20.9. The van der Waals surface area contributed by atoms with Gasteiger partial charge in [-0.05, 0) is 48.5 Å². The van der Waals surface area contributed by atoms with E-state index in [-0.39, 0.29) is 44.0 Å². The average molecular weight is 595 g/mol. The van der Waals surface area contributed by atoms with Gasteiger partial charge in [-0.2, -0.15) is 5.10 Å². The minimum atomic E-state index is -4.25. The van der Waals surface area contributed by atoms with Crippen LogP contribution in [-0.2, 0) is 20.0 Å². The Kier molecular flexibility index (Phi) is 8.42. The van der Waals surface area contributed by atoms with Crippen LogP contribution in [0.4, 0.5) is 17.1 Å². The minimum Gasteiger partial charge on any atom is -0.506 e. The van der Waals surface area contributed by atoms with Crippen LogP contribution in [-0.4, -0.2) is 38.9 Å². The van der Waals surface area contributed by atoms with Gasteiger partial charge in [0, 0.05) is 5.56 Å². The molecule has 4 rings (SSSR count). The fraction of sp³-hybridized carbons (Fsp3) is 0. The second-order valence-electron chi connectivity index (χ2n) is 8.29. The van der Waals surface area contributed by atoms with E-state index in [9.17, 15) is 31.8 Å². The number of carboxylic acid groups (broad SMARTS) is 1. The molecule has 13 nitrogen and oxygen atoms in total. The fourth-order valence-electron chi connectivity index (χ4n) is 3.41. The molecule has 0 radical (unpaired) electrons. The van der Waals surface area contributed by atoms with Crippen LogP contribution in [0.2, 0.25) is 0 Å². The van der Waals surface area contributed by atoms with Gasteiger partial charge in [0.1, 0.15) is 11.4 Å². The van der Waals surface area contributed by atoms with Crippen LogP contribution < -0.4 is 15.3 Å². The van der Waals surface area contributed by atoms with Crippen molar-refractivity contribution in [3.05, 3.63) is 108 Å². The zero-order valence-corrected chi connectivity index (χ0v) is 22.5. The molecular weight excluding hydrogens is 572 g/mol. The maximum atomic E-state index is 13.0. The van der Waals surface area contributed by atoms with Crippen LogP contribution in [0.1, 0.15) is 15.9 Å². The number of sulfonamides is 2. The molecule has 15 heteroatoms. The van der Waals surface area contributed by atoms with Crippen LogP contribution in [0.25, 0.3) is 0 Å². The van der Waals surface area contributed by atoms with Gasteiger partial charge in [-0.1, -0.05) is 48.5 Å². The lowest BCUT2D eigenvalue weighted by Crippen LogP contribution is -2.15. The number of hydrazone groups is 1. The number of primary sulfonamides is 1. The lowest BCUT2D eigenvalue weighted by molar-refractivity contribution is 0.0697. The molecule has 6 N–H and O–H groups in total. The largest absolute Gasteiger partial charge is 0.506 e. The number of hydrogen-bond donors (Lipinski definition) is 5. The van der Waals surface area contributed by atoms with Crippen molar-refractivity contribution in [2.75, 3.05) is 10.1 Å². The van der Waals surface area contributed by atoms with E-state index in [1.807, 2.05) is 0 Å². The first-order valence-corrected chi connectivity index (χ1v) is 14.6. The van der Waals surface area contributed by atoms with Crippen molar-refractivity contribution >= 4 is 48.9 Å². The number of benzene rings is 4. The second kappa shape index (κ2) is 12.0. The van der Waals surface area contributed by atoms with E-state index in [1.165, 1.54) is 30.3 Å². The summed E-state index contributed by atoms with van der Waals surface area (Å²) < 4.78 is 51.5. The van der Waals surface area contributed by atoms with E-state index in [4.69, 9.17) is 5.14 Å². The van der Waals surface area contributed by atoms with E-state index >= 15 is 0 Å². The standard InChI is InChI=1S/C26H22N6O7S2/c27-40(36,37)19-10-6-9-18(15-19)32-41(38,39)20-13-14-24(33)23(16-20)29-31-25(17-7-2-1-3-8-17)30-28-22-12-5-4-11-21(22)26(34)35/h1-16,29,32-33H,(H,34,35)(H2,27,36,37)/b30-28?,31-25-. The number of hydrogen-bond acceptors (Lipinski definition) is 9. The number of aromatic carboxylic acids is 1. The first kappa shape index (κ1) is 28.9. The third-order valence-corrected chi connectivity index (χ3v) is 7.68. The Hall–Kier alpha value is -5.12. The molecule has 0 atom stereocenters. The number of carboxylic acids is 1. The topological polar surface area (TPSA) is 213 Å². The molecule has 0 bridgehead atoms. The van der Waals surface area contributed by atoms with E-state index in [2.05, 4.69) is 25.5 Å². The molecule has 4 aromatic carbocycles. The molecular formula is C26H22N6O7S2. The molecule has 0 aliphatic heterocycles. The van der Waals surface area contributed by atoms with Crippen molar-refractivity contribution in [1.29, 1.82) is 0 Å². The molecule has 0 aliphatic carbocycles. The first-order valence-electron chi connectivity index (χ1n) is 11.6. The Morgan fingerprint density at radius 2 is 1.51 bits per heavy atom. The number of nitrogens with one attached hydrogen (secondary N) is 2. The van der Waals surface area contributed by atoms with Gasteiger partial charge in [-0.3, -0.25) is 10.1 Å². The predicted molar refractivity (Wildman–Crippen MR) is 151 cm³/mol. The second-order valence-corrected chi connectivity index (χ2v) is 11.5. The summed E-state index contributed by atoms with van der Waals surface area (Å²) in [6.07, 6.45) is 0. The van der Waals surface area contributed by atoms with Crippen LogP contribution in [0.15, 0.2) is 122 Å². The monoisotopic (exact) mass is 594 g/mol. The molecule has 0 heterocycles. The first-order chi connectivity index (χ1) is 19.4. The Morgan fingerprint density at radius 3 is 2.22 bits per heavy atom. The van der Waals surface area contributed by atoms with Gasteiger partial charge in [0.25, 0.3) is 10.0 Å². The highest BCUT2D eigenvalue weighted by molar-refractivity contribution is 7.92. The molecule has 0 saturated carbocycles. The number of rotatable bonds is 9. The predicted octanol–water partition coefficient (Wildman–Crippen LogP) is 4.10. The van der Waals surface area contributed by atoms with Gasteiger partial charge >= 0.3 is 5.97 Å². The number of anilines is 2.